The van der Waals surface area contributed by atoms with E-state index in [0.717, 1.165) is 11.0 Å². The molecule has 1 aromatic heterocycles. The highest BCUT2D eigenvalue weighted by Gasteiger charge is 2.23. The molecular formula is C21H26N4O3S. The first-order chi connectivity index (χ1) is 13.7. The van der Waals surface area contributed by atoms with E-state index in [1.54, 1.807) is 13.8 Å². The number of amides is 1. The van der Waals surface area contributed by atoms with Gasteiger partial charge < -0.3 is 10.3 Å². The number of nitrogens with one attached hydrogen (secondary N) is 3. The molecule has 1 amide bonds. The van der Waals surface area contributed by atoms with E-state index in [1.807, 2.05) is 38.1 Å². The molecule has 7 nitrogen and oxygen atoms in total. The number of nitrogens with zero attached hydrogens (tertiary/aromatic N) is 1. The van der Waals surface area contributed by atoms with Gasteiger partial charge in [-0.05, 0) is 56.2 Å². The second-order valence-electron chi connectivity index (χ2n) is 7.63. The van der Waals surface area contributed by atoms with Gasteiger partial charge in [-0.25, -0.2) is 18.1 Å². The van der Waals surface area contributed by atoms with Crippen LogP contribution in [0.15, 0.2) is 53.4 Å². The maximum Gasteiger partial charge on any atom is 0.251 e. The van der Waals surface area contributed by atoms with Gasteiger partial charge in [0.1, 0.15) is 5.82 Å². The number of sulfonamides is 1. The quantitative estimate of drug-likeness (QED) is 0.551. The molecular weight excluding hydrogens is 388 g/mol. The normalized spacial score (nSPS) is 13.2. The summed E-state index contributed by atoms with van der Waals surface area (Å²) in [7, 11) is -3.59. The van der Waals surface area contributed by atoms with E-state index in [-0.39, 0.29) is 28.8 Å². The third-order valence-electron chi connectivity index (χ3n) is 4.47. The van der Waals surface area contributed by atoms with Crippen molar-refractivity contribution < 1.29 is 13.2 Å². The Labute approximate surface area is 171 Å². The first-order valence-corrected chi connectivity index (χ1v) is 11.0. The lowest BCUT2D eigenvalue weighted by atomic mass is 10.0. The minimum atomic E-state index is -3.59. The van der Waals surface area contributed by atoms with E-state index in [0.29, 0.717) is 11.4 Å². The van der Waals surface area contributed by atoms with Crippen molar-refractivity contribution in [3.05, 3.63) is 59.9 Å². The van der Waals surface area contributed by atoms with Crippen LogP contribution in [0.4, 0.5) is 0 Å². The van der Waals surface area contributed by atoms with Crippen molar-refractivity contribution in [2.24, 2.45) is 5.92 Å². The van der Waals surface area contributed by atoms with Gasteiger partial charge in [-0.2, -0.15) is 0 Å². The Kier molecular flexibility index (Phi) is 6.04. The number of aromatic nitrogens is 2. The molecule has 3 N–H and O–H groups in total. The Morgan fingerprint density at radius 1 is 1.00 bits per heavy atom. The minimum Gasteiger partial charge on any atom is -0.342 e. The molecule has 1 heterocycles. The van der Waals surface area contributed by atoms with E-state index in [1.165, 1.54) is 24.3 Å². The average molecular weight is 415 g/mol. The topological polar surface area (TPSA) is 104 Å². The number of hydrogen-bond acceptors (Lipinski definition) is 4. The van der Waals surface area contributed by atoms with E-state index in [2.05, 4.69) is 20.0 Å². The summed E-state index contributed by atoms with van der Waals surface area (Å²) in [6, 6.07) is 13.1. The first-order valence-electron chi connectivity index (χ1n) is 9.55. The molecule has 3 rings (SSSR count). The average Bonchev–Trinajstić information content (AvgIpc) is 3.08. The van der Waals surface area contributed by atoms with Crippen molar-refractivity contribution in [3.63, 3.8) is 0 Å². The summed E-state index contributed by atoms with van der Waals surface area (Å²) >= 11 is 0. The largest absolute Gasteiger partial charge is 0.342 e. The molecule has 0 radical (unpaired) electrons. The second-order valence-corrected chi connectivity index (χ2v) is 9.35. The molecule has 0 fully saturated rings. The van der Waals surface area contributed by atoms with Gasteiger partial charge in [0, 0.05) is 11.6 Å². The Hall–Kier alpha value is -2.71. The summed E-state index contributed by atoms with van der Waals surface area (Å²) in [6.07, 6.45) is 0. The molecule has 0 saturated carbocycles. The van der Waals surface area contributed by atoms with Crippen LogP contribution in [0.2, 0.25) is 0 Å². The molecule has 0 aliphatic carbocycles. The van der Waals surface area contributed by atoms with Gasteiger partial charge in [-0.1, -0.05) is 26.0 Å². The fourth-order valence-electron chi connectivity index (χ4n) is 3.06. The lowest BCUT2D eigenvalue weighted by molar-refractivity contribution is 0.0923. The van der Waals surface area contributed by atoms with Gasteiger partial charge in [-0.15, -0.1) is 0 Å². The molecule has 29 heavy (non-hydrogen) atoms. The van der Waals surface area contributed by atoms with Crippen LogP contribution in [0.25, 0.3) is 11.0 Å². The van der Waals surface area contributed by atoms with Crippen molar-refractivity contribution in [1.29, 1.82) is 0 Å². The van der Waals surface area contributed by atoms with Crippen LogP contribution < -0.4 is 10.0 Å². The van der Waals surface area contributed by atoms with E-state index < -0.39 is 10.0 Å². The predicted molar refractivity (Wildman–Crippen MR) is 113 cm³/mol. The van der Waals surface area contributed by atoms with Gasteiger partial charge in [0.25, 0.3) is 5.91 Å². The zero-order valence-electron chi connectivity index (χ0n) is 16.9. The standard InChI is InChI=1S/C21H26N4O3S/c1-13(2)19(20-22-17-7-5-6-8-18(17)23-20)24-21(26)15-9-11-16(12-10-15)29(27,28)25-14(3)4/h5-14,19,25H,1-4H3,(H,22,23)(H,24,26)/t19-/m0/s1. The summed E-state index contributed by atoms with van der Waals surface area (Å²) in [5.74, 6) is 0.509. The number of aromatic amines is 1. The van der Waals surface area contributed by atoms with Gasteiger partial charge in [0.15, 0.2) is 0 Å². The number of H-pyrrole nitrogens is 1. The van der Waals surface area contributed by atoms with E-state index in [4.69, 9.17) is 0 Å². The van der Waals surface area contributed by atoms with E-state index >= 15 is 0 Å². The number of benzene rings is 2. The molecule has 1 atom stereocenters. The fourth-order valence-corrected chi connectivity index (χ4v) is 4.31. The van der Waals surface area contributed by atoms with Gasteiger partial charge in [-0.3, -0.25) is 4.79 Å². The summed E-state index contributed by atoms with van der Waals surface area (Å²) < 4.78 is 27.0. The van der Waals surface area contributed by atoms with Crippen LogP contribution in [0.1, 0.15) is 49.9 Å². The monoisotopic (exact) mass is 414 g/mol. The maximum atomic E-state index is 12.8. The fraction of sp³-hybridized carbons (Fsp3) is 0.333. The smallest absolute Gasteiger partial charge is 0.251 e. The molecule has 2 aromatic carbocycles. The third-order valence-corrected chi connectivity index (χ3v) is 6.15. The molecule has 8 heteroatoms. The highest BCUT2D eigenvalue weighted by atomic mass is 32.2. The molecule has 0 aliphatic rings. The number of rotatable bonds is 7. The number of para-hydroxylation sites is 2. The number of carbonyl (C=O) groups is 1. The molecule has 0 spiro atoms. The minimum absolute atomic E-state index is 0.106. The second kappa shape index (κ2) is 8.34. The summed E-state index contributed by atoms with van der Waals surface area (Å²) in [4.78, 5) is 20.8. The van der Waals surface area contributed by atoms with Crippen molar-refractivity contribution >= 4 is 27.0 Å². The zero-order valence-corrected chi connectivity index (χ0v) is 17.7. The summed E-state index contributed by atoms with van der Waals surface area (Å²) in [5, 5.41) is 3.00. The van der Waals surface area contributed by atoms with Crippen LogP contribution in [-0.4, -0.2) is 30.3 Å². The molecule has 3 aromatic rings. The van der Waals surface area contributed by atoms with Crippen molar-refractivity contribution in [3.8, 4) is 0 Å². The molecule has 0 unspecified atom stereocenters. The van der Waals surface area contributed by atoms with Crippen molar-refractivity contribution in [2.45, 2.75) is 44.7 Å². The highest BCUT2D eigenvalue weighted by molar-refractivity contribution is 7.89. The van der Waals surface area contributed by atoms with Gasteiger partial charge in [0.2, 0.25) is 10.0 Å². The molecule has 0 bridgehead atoms. The van der Waals surface area contributed by atoms with Crippen molar-refractivity contribution in [1.82, 2.24) is 20.0 Å². The van der Waals surface area contributed by atoms with Crippen LogP contribution in [0, 0.1) is 5.92 Å². The number of hydrogen-bond donors (Lipinski definition) is 3. The van der Waals surface area contributed by atoms with Crippen molar-refractivity contribution in [2.75, 3.05) is 0 Å². The summed E-state index contributed by atoms with van der Waals surface area (Å²) in [5.41, 5.74) is 2.14. The summed E-state index contributed by atoms with van der Waals surface area (Å²) in [6.45, 7) is 7.52. The number of imidazole rings is 1. The van der Waals surface area contributed by atoms with Crippen LogP contribution >= 0.6 is 0 Å². The Bertz CT molecular complexity index is 1070. The number of fused-ring (bicyclic) bond motifs is 1. The Balaban J connectivity index is 1.80. The molecule has 0 aliphatic heterocycles. The Morgan fingerprint density at radius 3 is 2.24 bits per heavy atom. The van der Waals surface area contributed by atoms with E-state index in [9.17, 15) is 13.2 Å². The third kappa shape index (κ3) is 4.83. The Morgan fingerprint density at radius 2 is 1.66 bits per heavy atom. The number of carbonyl (C=O) groups excluding carboxylic acids is 1. The van der Waals surface area contributed by atoms with Crippen LogP contribution in [0.3, 0.4) is 0 Å². The molecule has 154 valence electrons. The van der Waals surface area contributed by atoms with Gasteiger partial charge >= 0.3 is 0 Å². The highest BCUT2D eigenvalue weighted by Crippen LogP contribution is 2.23. The lowest BCUT2D eigenvalue weighted by Gasteiger charge is -2.20. The first kappa shape index (κ1) is 21.0. The zero-order chi connectivity index (χ0) is 21.2. The predicted octanol–water partition coefficient (Wildman–Crippen LogP) is 3.38. The van der Waals surface area contributed by atoms with Gasteiger partial charge in [0.05, 0.1) is 22.0 Å². The molecule has 0 saturated heterocycles. The maximum absolute atomic E-state index is 12.8. The SMILES string of the molecule is CC(C)NS(=O)(=O)c1ccc(C(=O)N[C@H](c2nc3ccccc3[nH]2)C(C)C)cc1. The van der Waals surface area contributed by atoms with Crippen LogP contribution in [0.5, 0.6) is 0 Å². The van der Waals surface area contributed by atoms with Crippen LogP contribution in [-0.2, 0) is 10.0 Å². The lowest BCUT2D eigenvalue weighted by Crippen LogP contribution is -2.32.